The van der Waals surface area contributed by atoms with Crippen LogP contribution in [0.3, 0.4) is 0 Å². The molecule has 1 aromatic carbocycles. The lowest BCUT2D eigenvalue weighted by Gasteiger charge is -2.09. The molecule has 0 aromatic heterocycles. The molecule has 1 rings (SSSR count). The van der Waals surface area contributed by atoms with Gasteiger partial charge in [-0.25, -0.2) is 0 Å². The van der Waals surface area contributed by atoms with Gasteiger partial charge in [0.1, 0.15) is 5.75 Å². The molecule has 1 N–H and O–H groups in total. The monoisotopic (exact) mass is 164 g/mol. The Morgan fingerprint density at radius 1 is 1.17 bits per heavy atom. The van der Waals surface area contributed by atoms with E-state index in [-0.39, 0.29) is 0 Å². The van der Waals surface area contributed by atoms with Crippen LogP contribution in [0.4, 0.5) is 0 Å². The van der Waals surface area contributed by atoms with Crippen LogP contribution in [0.25, 0.3) is 0 Å². The summed E-state index contributed by atoms with van der Waals surface area (Å²) >= 11 is 0. The Labute approximate surface area is 74.1 Å². The fourth-order valence-corrected chi connectivity index (χ4v) is 1.52. The smallest absolute Gasteiger partial charge is 0.121 e. The molecule has 0 aliphatic carbocycles. The zero-order valence-electron chi connectivity index (χ0n) is 8.02. The third-order valence-corrected chi connectivity index (χ3v) is 2.32. The van der Waals surface area contributed by atoms with Crippen molar-refractivity contribution in [2.24, 2.45) is 0 Å². The molecule has 1 nitrogen and oxygen atoms in total. The fraction of sp³-hybridized carbons (Fsp3) is 0.455. The number of hydrogen-bond acceptors (Lipinski definition) is 1. The van der Waals surface area contributed by atoms with Crippen LogP contribution in [0.2, 0.25) is 0 Å². The number of aromatic hydroxyl groups is 1. The maximum absolute atomic E-state index is 9.71. The molecule has 1 heteroatoms. The highest BCUT2D eigenvalue weighted by molar-refractivity contribution is 5.44. The van der Waals surface area contributed by atoms with Gasteiger partial charge in [-0.3, -0.25) is 0 Å². The molecule has 0 fully saturated rings. The lowest BCUT2D eigenvalue weighted by Crippen LogP contribution is -1.92. The zero-order chi connectivity index (χ0) is 9.14. The summed E-state index contributed by atoms with van der Waals surface area (Å²) in [6, 6.07) is 4.08. The summed E-state index contributed by atoms with van der Waals surface area (Å²) in [4.78, 5) is 0. The molecule has 0 atom stereocenters. The molecule has 0 unspecified atom stereocenters. The van der Waals surface area contributed by atoms with Gasteiger partial charge in [-0.15, -0.1) is 0 Å². The summed E-state index contributed by atoms with van der Waals surface area (Å²) in [6.07, 6.45) is 1.91. The van der Waals surface area contributed by atoms with E-state index in [1.165, 1.54) is 5.56 Å². The molecule has 0 spiro atoms. The van der Waals surface area contributed by atoms with Gasteiger partial charge < -0.3 is 5.11 Å². The largest absolute Gasteiger partial charge is 0.507 e. The van der Waals surface area contributed by atoms with E-state index in [2.05, 4.69) is 19.9 Å². The van der Waals surface area contributed by atoms with Gasteiger partial charge in [-0.2, -0.15) is 0 Å². The van der Waals surface area contributed by atoms with E-state index >= 15 is 0 Å². The molecule has 0 bridgehead atoms. The first-order chi connectivity index (χ1) is 5.70. The Morgan fingerprint density at radius 3 is 2.33 bits per heavy atom. The van der Waals surface area contributed by atoms with Crippen molar-refractivity contribution in [2.45, 2.75) is 33.6 Å². The van der Waals surface area contributed by atoms with Crippen molar-refractivity contribution in [1.29, 1.82) is 0 Å². The molecule has 0 saturated carbocycles. The highest BCUT2D eigenvalue weighted by atomic mass is 16.3. The molecule has 0 aliphatic rings. The van der Waals surface area contributed by atoms with Gasteiger partial charge in [0.05, 0.1) is 0 Å². The van der Waals surface area contributed by atoms with Gasteiger partial charge in [0.2, 0.25) is 0 Å². The summed E-state index contributed by atoms with van der Waals surface area (Å²) in [5.41, 5.74) is 3.35. The van der Waals surface area contributed by atoms with Crippen LogP contribution >= 0.6 is 0 Å². The van der Waals surface area contributed by atoms with E-state index < -0.39 is 0 Å². The molecular formula is C11H16O. The van der Waals surface area contributed by atoms with Crippen molar-refractivity contribution in [1.82, 2.24) is 0 Å². The molecule has 0 radical (unpaired) electrons. The zero-order valence-corrected chi connectivity index (χ0v) is 8.02. The van der Waals surface area contributed by atoms with Gasteiger partial charge in [-0.1, -0.05) is 26.0 Å². The summed E-state index contributed by atoms with van der Waals surface area (Å²) < 4.78 is 0. The number of phenols is 1. The molecule has 0 aliphatic heterocycles. The van der Waals surface area contributed by atoms with Gasteiger partial charge >= 0.3 is 0 Å². The second-order valence-electron chi connectivity index (χ2n) is 3.08. The lowest BCUT2D eigenvalue weighted by molar-refractivity contribution is 0.463. The molecule has 0 amide bonds. The minimum atomic E-state index is 0.483. The van der Waals surface area contributed by atoms with Crippen LogP contribution in [-0.4, -0.2) is 5.11 Å². The first-order valence-corrected chi connectivity index (χ1v) is 4.51. The quantitative estimate of drug-likeness (QED) is 0.712. The van der Waals surface area contributed by atoms with E-state index in [1.54, 1.807) is 0 Å². The Morgan fingerprint density at radius 2 is 1.83 bits per heavy atom. The maximum Gasteiger partial charge on any atom is 0.121 e. The van der Waals surface area contributed by atoms with Crippen molar-refractivity contribution < 1.29 is 5.11 Å². The average Bonchev–Trinajstić information content (AvgIpc) is 2.09. The lowest BCUT2D eigenvalue weighted by atomic mass is 9.99. The maximum atomic E-state index is 9.71. The standard InChI is InChI=1S/C11H16O/c1-4-9-7-6-8(3)11(12)10(9)5-2/h6-7,12H,4-5H2,1-3H3. The minimum absolute atomic E-state index is 0.483. The molecular weight excluding hydrogens is 148 g/mol. The Hall–Kier alpha value is -0.980. The van der Waals surface area contributed by atoms with Crippen LogP contribution in [0.5, 0.6) is 5.75 Å². The minimum Gasteiger partial charge on any atom is -0.507 e. The summed E-state index contributed by atoms with van der Waals surface area (Å²) in [6.45, 7) is 6.13. The molecule has 66 valence electrons. The Bertz CT molecular complexity index is 277. The van der Waals surface area contributed by atoms with E-state index in [1.807, 2.05) is 13.0 Å². The Kier molecular flexibility index (Phi) is 2.74. The number of phenolic OH excluding ortho intramolecular Hbond substituents is 1. The second-order valence-corrected chi connectivity index (χ2v) is 3.08. The van der Waals surface area contributed by atoms with Crippen LogP contribution in [0.1, 0.15) is 30.5 Å². The predicted octanol–water partition coefficient (Wildman–Crippen LogP) is 2.83. The van der Waals surface area contributed by atoms with Crippen molar-refractivity contribution in [3.63, 3.8) is 0 Å². The average molecular weight is 164 g/mol. The topological polar surface area (TPSA) is 20.2 Å². The fourth-order valence-electron chi connectivity index (χ4n) is 1.52. The van der Waals surface area contributed by atoms with Crippen LogP contribution in [-0.2, 0) is 12.8 Å². The van der Waals surface area contributed by atoms with Gasteiger partial charge in [0.25, 0.3) is 0 Å². The molecule has 0 saturated heterocycles. The van der Waals surface area contributed by atoms with Crippen molar-refractivity contribution in [3.05, 3.63) is 28.8 Å². The normalized spacial score (nSPS) is 10.2. The van der Waals surface area contributed by atoms with Crippen LogP contribution in [0, 0.1) is 6.92 Å². The second kappa shape index (κ2) is 3.61. The number of hydrogen-bond donors (Lipinski definition) is 1. The van der Waals surface area contributed by atoms with E-state index in [0.717, 1.165) is 24.0 Å². The van der Waals surface area contributed by atoms with Crippen molar-refractivity contribution in [2.75, 3.05) is 0 Å². The first kappa shape index (κ1) is 9.11. The first-order valence-electron chi connectivity index (χ1n) is 4.51. The Balaban J connectivity index is 3.25. The van der Waals surface area contributed by atoms with Gasteiger partial charge in [0, 0.05) is 0 Å². The summed E-state index contributed by atoms with van der Waals surface area (Å²) in [7, 11) is 0. The molecule has 1 aromatic rings. The molecule has 12 heavy (non-hydrogen) atoms. The van der Waals surface area contributed by atoms with Crippen molar-refractivity contribution >= 4 is 0 Å². The number of benzene rings is 1. The number of rotatable bonds is 2. The number of aryl methyl sites for hydroxylation is 2. The highest BCUT2D eigenvalue weighted by Gasteiger charge is 2.06. The van der Waals surface area contributed by atoms with Gasteiger partial charge in [-0.05, 0) is 36.5 Å². The van der Waals surface area contributed by atoms with Crippen LogP contribution < -0.4 is 0 Å². The third kappa shape index (κ3) is 1.45. The molecule has 0 heterocycles. The summed E-state index contributed by atoms with van der Waals surface area (Å²) in [5, 5.41) is 9.71. The third-order valence-electron chi connectivity index (χ3n) is 2.32. The predicted molar refractivity (Wildman–Crippen MR) is 51.6 cm³/mol. The summed E-state index contributed by atoms with van der Waals surface area (Å²) in [5.74, 6) is 0.483. The SMILES string of the molecule is CCc1ccc(C)c(O)c1CC. The van der Waals surface area contributed by atoms with E-state index in [0.29, 0.717) is 5.75 Å². The highest BCUT2D eigenvalue weighted by Crippen LogP contribution is 2.26. The van der Waals surface area contributed by atoms with E-state index in [4.69, 9.17) is 0 Å². The van der Waals surface area contributed by atoms with Gasteiger partial charge in [0.15, 0.2) is 0 Å². The van der Waals surface area contributed by atoms with Crippen molar-refractivity contribution in [3.8, 4) is 5.75 Å². The van der Waals surface area contributed by atoms with E-state index in [9.17, 15) is 5.11 Å². The van der Waals surface area contributed by atoms with Crippen LogP contribution in [0.15, 0.2) is 12.1 Å².